The van der Waals surface area contributed by atoms with Crippen molar-refractivity contribution < 1.29 is 19.1 Å². The summed E-state index contributed by atoms with van der Waals surface area (Å²) in [6, 6.07) is 12.9. The van der Waals surface area contributed by atoms with Crippen LogP contribution in [0.2, 0.25) is 0 Å². The second-order valence-electron chi connectivity index (χ2n) is 5.76. The van der Waals surface area contributed by atoms with E-state index in [1.54, 1.807) is 12.1 Å². The van der Waals surface area contributed by atoms with Crippen LogP contribution in [0.15, 0.2) is 47.4 Å². The smallest absolute Gasteiger partial charge is 0.338 e. The molecule has 0 aliphatic carbocycles. The normalized spacial score (nSPS) is 15.9. The predicted molar refractivity (Wildman–Crippen MR) is 97.3 cm³/mol. The van der Waals surface area contributed by atoms with Crippen molar-refractivity contribution in [3.8, 4) is 5.75 Å². The zero-order chi connectivity index (χ0) is 17.8. The van der Waals surface area contributed by atoms with Crippen molar-refractivity contribution >= 4 is 29.3 Å². The molecular weight excluding hydrogens is 338 g/mol. The summed E-state index contributed by atoms with van der Waals surface area (Å²) in [5.74, 6) is 0.252. The van der Waals surface area contributed by atoms with Crippen molar-refractivity contribution in [3.05, 3.63) is 53.6 Å². The Balaban J connectivity index is 1.53. The van der Waals surface area contributed by atoms with Gasteiger partial charge in [-0.05, 0) is 49.7 Å². The lowest BCUT2D eigenvalue weighted by Gasteiger charge is -2.21. The van der Waals surface area contributed by atoms with Crippen LogP contribution in [0, 0.1) is 6.92 Å². The minimum absolute atomic E-state index is 0.0606. The van der Waals surface area contributed by atoms with Gasteiger partial charge in [0.15, 0.2) is 0 Å². The Kier molecular flexibility index (Phi) is 5.28. The van der Waals surface area contributed by atoms with Crippen molar-refractivity contribution in [2.24, 2.45) is 0 Å². The van der Waals surface area contributed by atoms with Crippen LogP contribution >= 0.6 is 11.8 Å². The average molecular weight is 357 g/mol. The van der Waals surface area contributed by atoms with Crippen molar-refractivity contribution in [1.82, 2.24) is 0 Å². The molecule has 1 aliphatic heterocycles. The Labute approximate surface area is 150 Å². The Bertz CT molecular complexity index is 806. The van der Waals surface area contributed by atoms with Crippen LogP contribution in [0.3, 0.4) is 0 Å². The molecular formula is C19H19NO4S. The quantitative estimate of drug-likeness (QED) is 0.653. The summed E-state index contributed by atoms with van der Waals surface area (Å²) in [7, 11) is 0. The molecule has 25 heavy (non-hydrogen) atoms. The standard InChI is InChI=1S/C19H19NO4S/c1-12-4-3-5-15(10-12)23-8-9-24-19(22)14-6-7-17-16(11-14)20-18(21)13(2)25-17/h3-7,10-11,13H,8-9H2,1-2H3,(H,20,21)/t13-/m0/s1. The Morgan fingerprint density at radius 2 is 2.04 bits per heavy atom. The molecule has 1 heterocycles. The van der Waals surface area contributed by atoms with Crippen LogP contribution in [-0.2, 0) is 9.53 Å². The van der Waals surface area contributed by atoms with Gasteiger partial charge in [0.2, 0.25) is 5.91 Å². The maximum absolute atomic E-state index is 12.1. The first-order valence-corrected chi connectivity index (χ1v) is 8.89. The zero-order valence-corrected chi connectivity index (χ0v) is 14.9. The number of aryl methyl sites for hydroxylation is 1. The van der Waals surface area contributed by atoms with Gasteiger partial charge in [-0.25, -0.2) is 4.79 Å². The fourth-order valence-corrected chi connectivity index (χ4v) is 3.35. The molecule has 0 saturated heterocycles. The van der Waals surface area contributed by atoms with Gasteiger partial charge >= 0.3 is 5.97 Å². The number of rotatable bonds is 5. The Morgan fingerprint density at radius 3 is 2.84 bits per heavy atom. The summed E-state index contributed by atoms with van der Waals surface area (Å²) in [5.41, 5.74) is 2.17. The maximum atomic E-state index is 12.1. The average Bonchev–Trinajstić information content (AvgIpc) is 2.59. The number of ether oxygens (including phenoxy) is 2. The third kappa shape index (κ3) is 4.33. The second kappa shape index (κ2) is 7.61. The molecule has 1 amide bonds. The molecule has 0 radical (unpaired) electrons. The van der Waals surface area contributed by atoms with Crippen LogP contribution in [-0.4, -0.2) is 30.3 Å². The van der Waals surface area contributed by atoms with E-state index in [4.69, 9.17) is 9.47 Å². The van der Waals surface area contributed by atoms with Crippen molar-refractivity contribution in [2.75, 3.05) is 18.5 Å². The van der Waals surface area contributed by atoms with Gasteiger partial charge in [0.25, 0.3) is 0 Å². The van der Waals surface area contributed by atoms with Crippen LogP contribution in [0.1, 0.15) is 22.8 Å². The predicted octanol–water partition coefficient (Wildman–Crippen LogP) is 3.66. The number of anilines is 1. The lowest BCUT2D eigenvalue weighted by atomic mass is 10.2. The molecule has 0 fully saturated rings. The molecule has 0 bridgehead atoms. The van der Waals surface area contributed by atoms with Gasteiger partial charge in [-0.1, -0.05) is 12.1 Å². The summed E-state index contributed by atoms with van der Waals surface area (Å²) in [5, 5.41) is 2.67. The van der Waals surface area contributed by atoms with E-state index in [-0.39, 0.29) is 24.4 Å². The molecule has 6 heteroatoms. The molecule has 0 aromatic heterocycles. The summed E-state index contributed by atoms with van der Waals surface area (Å²) in [6.07, 6.45) is 0. The van der Waals surface area contributed by atoms with Crippen LogP contribution in [0.5, 0.6) is 5.75 Å². The number of hydrogen-bond donors (Lipinski definition) is 1. The van der Waals surface area contributed by atoms with E-state index in [0.29, 0.717) is 11.3 Å². The molecule has 2 aromatic carbocycles. The number of thioether (sulfide) groups is 1. The number of amides is 1. The Morgan fingerprint density at radius 1 is 1.20 bits per heavy atom. The summed E-state index contributed by atoms with van der Waals surface area (Å²) < 4.78 is 10.8. The monoisotopic (exact) mass is 357 g/mol. The van der Waals surface area contributed by atoms with Crippen molar-refractivity contribution in [1.29, 1.82) is 0 Å². The minimum atomic E-state index is -0.437. The molecule has 5 nitrogen and oxygen atoms in total. The molecule has 0 saturated carbocycles. The first-order valence-electron chi connectivity index (χ1n) is 8.01. The number of carbonyl (C=O) groups excluding carboxylic acids is 2. The van der Waals surface area contributed by atoms with Gasteiger partial charge in [-0.3, -0.25) is 4.79 Å². The van der Waals surface area contributed by atoms with Gasteiger partial charge in [0.1, 0.15) is 19.0 Å². The van der Waals surface area contributed by atoms with Crippen LogP contribution in [0.4, 0.5) is 5.69 Å². The van der Waals surface area contributed by atoms with E-state index in [1.807, 2.05) is 44.2 Å². The molecule has 0 unspecified atom stereocenters. The largest absolute Gasteiger partial charge is 0.490 e. The van der Waals surface area contributed by atoms with E-state index in [0.717, 1.165) is 16.2 Å². The number of fused-ring (bicyclic) bond motifs is 1. The molecule has 0 spiro atoms. The molecule has 1 aliphatic rings. The highest BCUT2D eigenvalue weighted by Gasteiger charge is 2.23. The van der Waals surface area contributed by atoms with Gasteiger partial charge in [0, 0.05) is 4.90 Å². The van der Waals surface area contributed by atoms with E-state index in [9.17, 15) is 9.59 Å². The van der Waals surface area contributed by atoms with Crippen LogP contribution in [0.25, 0.3) is 0 Å². The first kappa shape index (κ1) is 17.4. The second-order valence-corrected chi connectivity index (χ2v) is 7.14. The maximum Gasteiger partial charge on any atom is 0.338 e. The lowest BCUT2D eigenvalue weighted by molar-refractivity contribution is -0.115. The lowest BCUT2D eigenvalue weighted by Crippen LogP contribution is -2.26. The highest BCUT2D eigenvalue weighted by atomic mass is 32.2. The molecule has 1 N–H and O–H groups in total. The highest BCUT2D eigenvalue weighted by Crippen LogP contribution is 2.36. The third-order valence-corrected chi connectivity index (χ3v) is 4.90. The molecule has 3 rings (SSSR count). The highest BCUT2D eigenvalue weighted by molar-refractivity contribution is 8.00. The Hall–Kier alpha value is -2.47. The third-order valence-electron chi connectivity index (χ3n) is 3.72. The first-order chi connectivity index (χ1) is 12.0. The summed E-state index contributed by atoms with van der Waals surface area (Å²) in [4.78, 5) is 24.8. The number of nitrogens with one attached hydrogen (secondary N) is 1. The zero-order valence-electron chi connectivity index (χ0n) is 14.1. The molecule has 130 valence electrons. The van der Waals surface area contributed by atoms with E-state index in [2.05, 4.69) is 5.32 Å². The minimum Gasteiger partial charge on any atom is -0.490 e. The SMILES string of the molecule is Cc1cccc(OCCOC(=O)c2ccc3c(c2)NC(=O)[C@H](C)S3)c1. The topological polar surface area (TPSA) is 64.6 Å². The van der Waals surface area contributed by atoms with Gasteiger partial charge in [-0.2, -0.15) is 0 Å². The molecule has 1 atom stereocenters. The van der Waals surface area contributed by atoms with E-state index in [1.165, 1.54) is 11.8 Å². The van der Waals surface area contributed by atoms with Crippen molar-refractivity contribution in [2.45, 2.75) is 24.0 Å². The number of carbonyl (C=O) groups is 2. The van der Waals surface area contributed by atoms with E-state index < -0.39 is 5.97 Å². The van der Waals surface area contributed by atoms with Gasteiger partial charge in [-0.15, -0.1) is 11.8 Å². The number of hydrogen-bond acceptors (Lipinski definition) is 5. The fraction of sp³-hybridized carbons (Fsp3) is 0.263. The van der Waals surface area contributed by atoms with Gasteiger partial charge in [0.05, 0.1) is 16.5 Å². The molecule has 2 aromatic rings. The summed E-state index contributed by atoms with van der Waals surface area (Å²) in [6.45, 7) is 4.27. The number of esters is 1. The van der Waals surface area contributed by atoms with Crippen molar-refractivity contribution in [3.63, 3.8) is 0 Å². The van der Waals surface area contributed by atoms with Crippen LogP contribution < -0.4 is 10.1 Å². The van der Waals surface area contributed by atoms with Gasteiger partial charge < -0.3 is 14.8 Å². The fourth-order valence-electron chi connectivity index (χ4n) is 2.42. The number of benzene rings is 2. The summed E-state index contributed by atoms with van der Waals surface area (Å²) >= 11 is 1.48. The van der Waals surface area contributed by atoms with E-state index >= 15 is 0 Å².